The number of halogens is 1. The second-order valence-electron chi connectivity index (χ2n) is 6.36. The van der Waals surface area contributed by atoms with Crippen molar-refractivity contribution < 1.29 is 19.0 Å². The Labute approximate surface area is 186 Å². The average Bonchev–Trinajstić information content (AvgIpc) is 3.43. The highest BCUT2D eigenvalue weighted by Crippen LogP contribution is 2.37. The molecular formula is C18H11BrN8O5. The highest BCUT2D eigenvalue weighted by Gasteiger charge is 2.22. The molecule has 0 spiro atoms. The molecule has 32 heavy (non-hydrogen) atoms. The number of hydrogen-bond donors (Lipinski definition) is 2. The number of aromatic nitrogens is 4. The molecule has 0 fully saturated rings. The number of anilines is 3. The van der Waals surface area contributed by atoms with E-state index in [1.165, 1.54) is 18.3 Å². The van der Waals surface area contributed by atoms with Crippen LogP contribution in [0, 0.1) is 10.1 Å². The second kappa shape index (κ2) is 8.07. The molecule has 0 saturated heterocycles. The van der Waals surface area contributed by atoms with Crippen LogP contribution >= 0.6 is 15.9 Å². The summed E-state index contributed by atoms with van der Waals surface area (Å²) in [6, 6.07) is 10.1. The number of fused-ring (bicyclic) bond motifs is 2. The predicted molar refractivity (Wildman–Crippen MR) is 115 cm³/mol. The Hall–Kier alpha value is -4.33. The smallest absolute Gasteiger partial charge is 0.282 e. The molecule has 1 aliphatic rings. The van der Waals surface area contributed by atoms with Crippen LogP contribution in [0.15, 0.2) is 50.6 Å². The lowest BCUT2D eigenvalue weighted by atomic mass is 10.1. The van der Waals surface area contributed by atoms with Crippen molar-refractivity contribution in [2.45, 2.75) is 0 Å². The number of rotatable bonds is 6. The Morgan fingerprint density at radius 2 is 1.75 bits per heavy atom. The molecule has 13 nitrogen and oxygen atoms in total. The van der Waals surface area contributed by atoms with Crippen molar-refractivity contribution in [3.05, 3.63) is 56.5 Å². The minimum absolute atomic E-state index is 0.00222. The molecule has 3 heterocycles. The number of benzene rings is 2. The normalized spacial score (nSPS) is 12.4. The molecule has 0 amide bonds. The van der Waals surface area contributed by atoms with Gasteiger partial charge in [0.05, 0.1) is 22.8 Å². The van der Waals surface area contributed by atoms with Crippen LogP contribution in [0.4, 0.5) is 23.0 Å². The van der Waals surface area contributed by atoms with Crippen molar-refractivity contribution in [1.82, 2.24) is 20.3 Å². The largest absolute Gasteiger partial charge is 0.454 e. The van der Waals surface area contributed by atoms with E-state index in [0.29, 0.717) is 17.3 Å². The van der Waals surface area contributed by atoms with Gasteiger partial charge in [0.1, 0.15) is 0 Å². The first-order chi connectivity index (χ1) is 15.6. The first-order valence-corrected chi connectivity index (χ1v) is 9.76. The van der Waals surface area contributed by atoms with Gasteiger partial charge < -0.3 is 14.8 Å². The summed E-state index contributed by atoms with van der Waals surface area (Å²) in [4.78, 5) is 19.5. The molecule has 160 valence electrons. The van der Waals surface area contributed by atoms with Gasteiger partial charge in [0.25, 0.3) is 5.69 Å². The van der Waals surface area contributed by atoms with Gasteiger partial charge in [-0.25, -0.2) is 9.61 Å². The van der Waals surface area contributed by atoms with E-state index < -0.39 is 4.92 Å². The summed E-state index contributed by atoms with van der Waals surface area (Å²) >= 11 is 3.38. The fraction of sp³-hybridized carbons (Fsp3) is 0.0556. The molecule has 0 unspecified atom stereocenters. The fourth-order valence-corrected chi connectivity index (χ4v) is 3.11. The zero-order valence-corrected chi connectivity index (χ0v) is 17.4. The molecule has 2 aromatic carbocycles. The first-order valence-electron chi connectivity index (χ1n) is 8.97. The summed E-state index contributed by atoms with van der Waals surface area (Å²) in [7, 11) is 0. The first kappa shape index (κ1) is 19.6. The van der Waals surface area contributed by atoms with Gasteiger partial charge >= 0.3 is 0 Å². The number of nitro benzene ring substituents is 1. The van der Waals surface area contributed by atoms with Crippen molar-refractivity contribution >= 4 is 56.4 Å². The van der Waals surface area contributed by atoms with Crippen LogP contribution in [0.25, 0.3) is 11.3 Å². The molecule has 0 aliphatic carbocycles. The van der Waals surface area contributed by atoms with Gasteiger partial charge in [-0.2, -0.15) is 10.1 Å². The van der Waals surface area contributed by atoms with Gasteiger partial charge in [0.15, 0.2) is 23.1 Å². The number of nitro groups is 1. The third-order valence-electron chi connectivity index (χ3n) is 4.31. The van der Waals surface area contributed by atoms with E-state index >= 15 is 0 Å². The molecule has 1 aliphatic heterocycles. The van der Waals surface area contributed by atoms with E-state index in [0.717, 1.165) is 10.2 Å². The van der Waals surface area contributed by atoms with Gasteiger partial charge in [-0.1, -0.05) is 15.9 Å². The fourth-order valence-electron chi connectivity index (χ4n) is 2.84. The molecule has 5 rings (SSSR count). The quantitative estimate of drug-likeness (QED) is 0.226. The van der Waals surface area contributed by atoms with E-state index in [1.807, 2.05) is 24.3 Å². The third kappa shape index (κ3) is 3.85. The summed E-state index contributed by atoms with van der Waals surface area (Å²) in [5.41, 5.74) is 3.86. The average molecular weight is 499 g/mol. The van der Waals surface area contributed by atoms with Crippen molar-refractivity contribution in [3.63, 3.8) is 0 Å². The maximum atomic E-state index is 11.4. The Balaban J connectivity index is 1.45. The Morgan fingerprint density at radius 3 is 2.47 bits per heavy atom. The summed E-state index contributed by atoms with van der Waals surface area (Å²) < 4.78 is 16.1. The van der Waals surface area contributed by atoms with Crippen LogP contribution in [-0.4, -0.2) is 38.2 Å². The van der Waals surface area contributed by atoms with Crippen LogP contribution < -0.4 is 20.2 Å². The van der Waals surface area contributed by atoms with Crippen molar-refractivity contribution in [1.29, 1.82) is 0 Å². The zero-order chi connectivity index (χ0) is 22.1. The van der Waals surface area contributed by atoms with Crippen molar-refractivity contribution in [2.24, 2.45) is 5.10 Å². The third-order valence-corrected chi connectivity index (χ3v) is 4.84. The van der Waals surface area contributed by atoms with Crippen LogP contribution in [0.5, 0.6) is 11.5 Å². The zero-order valence-electron chi connectivity index (χ0n) is 15.9. The Kier molecular flexibility index (Phi) is 4.95. The number of nitrogens with zero attached hydrogens (tertiary/aromatic N) is 6. The summed E-state index contributed by atoms with van der Waals surface area (Å²) in [6.07, 6.45) is 1.27. The van der Waals surface area contributed by atoms with Gasteiger partial charge in [0.2, 0.25) is 18.1 Å². The van der Waals surface area contributed by atoms with E-state index in [1.54, 1.807) is 0 Å². The lowest BCUT2D eigenvalue weighted by Gasteiger charge is -2.09. The van der Waals surface area contributed by atoms with E-state index in [9.17, 15) is 10.1 Å². The molecule has 4 aromatic rings. The molecule has 2 aromatic heterocycles. The monoisotopic (exact) mass is 498 g/mol. The Bertz CT molecular complexity index is 1360. The molecule has 0 radical (unpaired) electrons. The minimum Gasteiger partial charge on any atom is -0.454 e. The standard InChI is InChI=1S/C18H11BrN8O5/c19-10-1-3-11(4-2-10)21-15-16(23-18-17(22-15)25-32-26-18)24-20-7-9-5-13-14(31-8-30-13)6-12(9)27(28)29/h1-7H,8H2,(H,21,22,25)(H,23,24,26)/b20-7-. The summed E-state index contributed by atoms with van der Waals surface area (Å²) in [5, 5.41) is 26.0. The van der Waals surface area contributed by atoms with E-state index in [4.69, 9.17) is 9.47 Å². The van der Waals surface area contributed by atoms with Crippen LogP contribution in [0.1, 0.15) is 5.56 Å². The van der Waals surface area contributed by atoms with E-state index in [-0.39, 0.29) is 35.2 Å². The van der Waals surface area contributed by atoms with Crippen LogP contribution in [-0.2, 0) is 0 Å². The van der Waals surface area contributed by atoms with Gasteiger partial charge in [-0.05, 0) is 40.6 Å². The van der Waals surface area contributed by atoms with Crippen molar-refractivity contribution in [3.8, 4) is 11.5 Å². The maximum absolute atomic E-state index is 11.4. The highest BCUT2D eigenvalue weighted by molar-refractivity contribution is 9.10. The SMILES string of the molecule is O=[N+]([O-])c1cc2c(cc1/C=N\Nc1nc3nonc3nc1Nc1ccc(Br)cc1)OCO2. The minimum atomic E-state index is -0.531. The molecule has 0 atom stereocenters. The summed E-state index contributed by atoms with van der Waals surface area (Å²) in [5.74, 6) is 1.20. The molecule has 0 bridgehead atoms. The number of hydrogen-bond acceptors (Lipinski definition) is 12. The van der Waals surface area contributed by atoms with Gasteiger partial charge in [-0.3, -0.25) is 15.5 Å². The Morgan fingerprint density at radius 1 is 1.06 bits per heavy atom. The molecular weight excluding hydrogens is 488 g/mol. The topological polar surface area (TPSA) is 163 Å². The lowest BCUT2D eigenvalue weighted by molar-refractivity contribution is -0.385. The number of nitrogens with one attached hydrogen (secondary N) is 2. The van der Waals surface area contributed by atoms with Gasteiger partial charge in [0, 0.05) is 10.2 Å². The number of hydrazone groups is 1. The summed E-state index contributed by atoms with van der Waals surface area (Å²) in [6.45, 7) is -0.00222. The number of ether oxygens (including phenoxy) is 2. The maximum Gasteiger partial charge on any atom is 0.282 e. The predicted octanol–water partition coefficient (Wildman–Crippen LogP) is 3.60. The second-order valence-corrected chi connectivity index (χ2v) is 7.27. The molecule has 2 N–H and O–H groups in total. The molecule has 14 heteroatoms. The lowest BCUT2D eigenvalue weighted by Crippen LogP contribution is -2.03. The molecule has 0 saturated carbocycles. The van der Waals surface area contributed by atoms with Crippen LogP contribution in [0.3, 0.4) is 0 Å². The van der Waals surface area contributed by atoms with E-state index in [2.05, 4.69) is 56.7 Å². The van der Waals surface area contributed by atoms with Crippen LogP contribution in [0.2, 0.25) is 0 Å². The highest BCUT2D eigenvalue weighted by atomic mass is 79.9. The van der Waals surface area contributed by atoms with Gasteiger partial charge in [-0.15, -0.1) is 0 Å². The van der Waals surface area contributed by atoms with Crippen molar-refractivity contribution in [2.75, 3.05) is 17.5 Å².